The number of likely N-dealkylation sites (tertiary alicyclic amines) is 1. The molecule has 0 saturated carbocycles. The van der Waals surface area contributed by atoms with E-state index in [9.17, 15) is 13.2 Å². The molecule has 1 aromatic rings. The van der Waals surface area contributed by atoms with Crippen molar-refractivity contribution in [2.75, 3.05) is 40.3 Å². The SMILES string of the molecule is CN=C(NCC1CCN(CC(F)(F)F)C1)N(C)Cc1cc(Br)cn1C.I. The molecule has 1 saturated heterocycles. The summed E-state index contributed by atoms with van der Waals surface area (Å²) < 4.78 is 40.5. The molecule has 1 fully saturated rings. The minimum atomic E-state index is -4.12. The van der Waals surface area contributed by atoms with E-state index < -0.39 is 12.7 Å². The van der Waals surface area contributed by atoms with E-state index in [0.29, 0.717) is 26.2 Å². The van der Waals surface area contributed by atoms with Crippen LogP contribution in [0.5, 0.6) is 0 Å². The van der Waals surface area contributed by atoms with E-state index >= 15 is 0 Å². The van der Waals surface area contributed by atoms with Gasteiger partial charge in [-0.25, -0.2) is 0 Å². The van der Waals surface area contributed by atoms with Crippen molar-refractivity contribution < 1.29 is 13.2 Å². The second-order valence-electron chi connectivity index (χ2n) is 6.55. The molecule has 1 aliphatic rings. The van der Waals surface area contributed by atoms with Gasteiger partial charge in [0, 0.05) is 50.6 Å². The zero-order chi connectivity index (χ0) is 18.6. The first-order valence-electron chi connectivity index (χ1n) is 8.19. The largest absolute Gasteiger partial charge is 0.401 e. The lowest BCUT2D eigenvalue weighted by molar-refractivity contribution is -0.143. The van der Waals surface area contributed by atoms with Gasteiger partial charge in [-0.2, -0.15) is 13.2 Å². The highest BCUT2D eigenvalue weighted by atomic mass is 127. The Morgan fingerprint density at radius 3 is 2.69 bits per heavy atom. The van der Waals surface area contributed by atoms with Crippen LogP contribution in [0.25, 0.3) is 0 Å². The minimum Gasteiger partial charge on any atom is -0.356 e. The van der Waals surface area contributed by atoms with Crippen molar-refractivity contribution in [2.45, 2.75) is 19.1 Å². The zero-order valence-electron chi connectivity index (χ0n) is 15.2. The fourth-order valence-corrected chi connectivity index (χ4v) is 3.71. The van der Waals surface area contributed by atoms with Crippen LogP contribution in [0.1, 0.15) is 12.1 Å². The summed E-state index contributed by atoms with van der Waals surface area (Å²) in [6, 6.07) is 2.05. The van der Waals surface area contributed by atoms with Crippen LogP contribution in [0.15, 0.2) is 21.7 Å². The van der Waals surface area contributed by atoms with E-state index in [1.165, 1.54) is 4.90 Å². The van der Waals surface area contributed by atoms with Crippen molar-refractivity contribution in [3.05, 3.63) is 22.4 Å². The average molecular weight is 552 g/mol. The van der Waals surface area contributed by atoms with Crippen LogP contribution in [0, 0.1) is 5.92 Å². The summed E-state index contributed by atoms with van der Waals surface area (Å²) in [7, 11) is 5.64. The third-order valence-electron chi connectivity index (χ3n) is 4.37. The van der Waals surface area contributed by atoms with Crippen LogP contribution in [0.4, 0.5) is 13.2 Å². The fraction of sp³-hybridized carbons (Fsp3) is 0.688. The number of halogens is 5. The van der Waals surface area contributed by atoms with Gasteiger partial charge in [0.25, 0.3) is 0 Å². The van der Waals surface area contributed by atoms with Crippen LogP contribution in [-0.4, -0.2) is 66.8 Å². The van der Waals surface area contributed by atoms with Crippen molar-refractivity contribution in [2.24, 2.45) is 18.0 Å². The highest BCUT2D eigenvalue weighted by Gasteiger charge is 2.34. The molecule has 0 aliphatic carbocycles. The topological polar surface area (TPSA) is 35.8 Å². The summed E-state index contributed by atoms with van der Waals surface area (Å²) in [4.78, 5) is 7.75. The summed E-state index contributed by atoms with van der Waals surface area (Å²) >= 11 is 3.46. The van der Waals surface area contributed by atoms with Crippen LogP contribution >= 0.6 is 39.9 Å². The Bertz CT molecular complexity index is 605. The number of hydrogen-bond donors (Lipinski definition) is 1. The highest BCUT2D eigenvalue weighted by Crippen LogP contribution is 2.22. The molecule has 150 valence electrons. The average Bonchev–Trinajstić information content (AvgIpc) is 3.04. The van der Waals surface area contributed by atoms with E-state index in [4.69, 9.17) is 0 Å². The molecular weight excluding hydrogens is 526 g/mol. The van der Waals surface area contributed by atoms with Crippen molar-refractivity contribution >= 4 is 45.9 Å². The number of guanidine groups is 1. The number of rotatable bonds is 5. The number of aryl methyl sites for hydroxylation is 1. The Labute approximate surface area is 178 Å². The van der Waals surface area contributed by atoms with Gasteiger partial charge in [-0.05, 0) is 40.9 Å². The molecule has 0 amide bonds. The van der Waals surface area contributed by atoms with Gasteiger partial charge in [-0.15, -0.1) is 24.0 Å². The summed E-state index contributed by atoms with van der Waals surface area (Å²) in [5.41, 5.74) is 1.13. The third kappa shape index (κ3) is 7.26. The lowest BCUT2D eigenvalue weighted by atomic mass is 10.1. The first kappa shape index (κ1) is 23.5. The molecule has 2 heterocycles. The molecule has 5 nitrogen and oxygen atoms in total. The molecule has 1 aromatic heterocycles. The summed E-state index contributed by atoms with van der Waals surface area (Å²) in [6.45, 7) is 1.46. The molecule has 1 unspecified atom stereocenters. The van der Waals surface area contributed by atoms with Gasteiger partial charge < -0.3 is 14.8 Å². The Kier molecular flexibility index (Phi) is 9.21. The Balaban J connectivity index is 0.00000338. The molecule has 1 atom stereocenters. The summed E-state index contributed by atoms with van der Waals surface area (Å²) in [5.74, 6) is 0.947. The number of nitrogens with zero attached hydrogens (tertiary/aromatic N) is 4. The second kappa shape index (κ2) is 10.2. The van der Waals surface area contributed by atoms with E-state index in [1.54, 1.807) is 7.05 Å². The van der Waals surface area contributed by atoms with E-state index in [0.717, 1.165) is 22.5 Å². The molecule has 0 spiro atoms. The number of nitrogens with one attached hydrogen (secondary N) is 1. The normalized spacial score (nSPS) is 18.7. The number of aliphatic imine (C=N–C) groups is 1. The summed E-state index contributed by atoms with van der Waals surface area (Å²) in [6.07, 6.45) is -1.36. The van der Waals surface area contributed by atoms with Crippen molar-refractivity contribution in [1.29, 1.82) is 0 Å². The van der Waals surface area contributed by atoms with Crippen LogP contribution in [-0.2, 0) is 13.6 Å². The first-order valence-corrected chi connectivity index (χ1v) is 8.99. The molecule has 10 heteroatoms. The van der Waals surface area contributed by atoms with Gasteiger partial charge in [-0.1, -0.05) is 0 Å². The second-order valence-corrected chi connectivity index (χ2v) is 7.47. The predicted molar refractivity (Wildman–Crippen MR) is 112 cm³/mol. The van der Waals surface area contributed by atoms with Gasteiger partial charge in [0.2, 0.25) is 0 Å². The maximum atomic E-state index is 12.5. The molecule has 0 bridgehead atoms. The number of alkyl halides is 3. The van der Waals surface area contributed by atoms with Gasteiger partial charge in [0.15, 0.2) is 5.96 Å². The van der Waals surface area contributed by atoms with E-state index in [2.05, 4.69) is 32.3 Å². The first-order chi connectivity index (χ1) is 11.7. The van der Waals surface area contributed by atoms with Gasteiger partial charge >= 0.3 is 6.18 Å². The molecule has 26 heavy (non-hydrogen) atoms. The van der Waals surface area contributed by atoms with Gasteiger partial charge in [-0.3, -0.25) is 9.89 Å². The Morgan fingerprint density at radius 2 is 2.15 bits per heavy atom. The monoisotopic (exact) mass is 551 g/mol. The third-order valence-corrected chi connectivity index (χ3v) is 4.80. The lowest BCUT2D eigenvalue weighted by Crippen LogP contribution is -2.41. The zero-order valence-corrected chi connectivity index (χ0v) is 19.1. The number of hydrogen-bond acceptors (Lipinski definition) is 2. The highest BCUT2D eigenvalue weighted by molar-refractivity contribution is 14.0. The van der Waals surface area contributed by atoms with Crippen LogP contribution in [0.3, 0.4) is 0 Å². The molecule has 0 radical (unpaired) electrons. The summed E-state index contributed by atoms with van der Waals surface area (Å²) in [5, 5.41) is 3.29. The van der Waals surface area contributed by atoms with E-state index in [1.807, 2.05) is 29.8 Å². The lowest BCUT2D eigenvalue weighted by Gasteiger charge is -2.24. The van der Waals surface area contributed by atoms with Gasteiger partial charge in [0.1, 0.15) is 0 Å². The van der Waals surface area contributed by atoms with E-state index in [-0.39, 0.29) is 29.9 Å². The molecule has 1 N–H and O–H groups in total. The Morgan fingerprint density at radius 1 is 1.46 bits per heavy atom. The molecule has 0 aromatic carbocycles. The van der Waals surface area contributed by atoms with Crippen LogP contribution < -0.4 is 5.32 Å². The maximum Gasteiger partial charge on any atom is 0.401 e. The van der Waals surface area contributed by atoms with Crippen molar-refractivity contribution in [3.8, 4) is 0 Å². The van der Waals surface area contributed by atoms with Crippen molar-refractivity contribution in [3.63, 3.8) is 0 Å². The molecular formula is C16H26BrF3IN5. The predicted octanol–water partition coefficient (Wildman–Crippen LogP) is 3.30. The van der Waals surface area contributed by atoms with Gasteiger partial charge in [0.05, 0.1) is 13.1 Å². The number of aromatic nitrogens is 1. The Hall–Kier alpha value is -0.490. The molecule has 2 rings (SSSR count). The maximum absolute atomic E-state index is 12.5. The quantitative estimate of drug-likeness (QED) is 0.346. The van der Waals surface area contributed by atoms with Crippen molar-refractivity contribution in [1.82, 2.24) is 19.7 Å². The molecule has 1 aliphatic heterocycles. The minimum absolute atomic E-state index is 0. The van der Waals surface area contributed by atoms with Crippen LogP contribution in [0.2, 0.25) is 0 Å². The smallest absolute Gasteiger partial charge is 0.356 e. The fourth-order valence-electron chi connectivity index (χ4n) is 3.14. The standard InChI is InChI=1S/C16H25BrF3N5.HI/c1-21-15(24(3)10-14-6-13(17)9-23(14)2)22-7-12-4-5-25(8-12)11-16(18,19)20;/h6,9,12H,4-5,7-8,10-11H2,1-3H3,(H,21,22);1H.